The zero-order valence-corrected chi connectivity index (χ0v) is 26.8. The molecule has 0 spiro atoms. The minimum absolute atomic E-state index is 0.418. The number of alkyl halides is 6. The Balaban J connectivity index is 1.54. The molecule has 1 aliphatic heterocycles. The maximum atomic E-state index is 13.6. The summed E-state index contributed by atoms with van der Waals surface area (Å²) in [6.45, 7) is 0. The molecule has 4 aromatic carbocycles. The van der Waals surface area contributed by atoms with E-state index in [1.54, 1.807) is 10.6 Å². The van der Waals surface area contributed by atoms with Gasteiger partial charge in [-0.3, -0.25) is 19.7 Å². The van der Waals surface area contributed by atoms with Crippen LogP contribution in [0.5, 0.6) is 11.5 Å². The van der Waals surface area contributed by atoms with Crippen molar-refractivity contribution in [1.82, 2.24) is 0 Å². The number of hydrogen-bond donors (Lipinski definition) is 4. The number of ether oxygens (including phenoxy) is 2. The maximum absolute atomic E-state index is 13.6. The summed E-state index contributed by atoms with van der Waals surface area (Å²) in [7, 11) is -15.6. The minimum Gasteiger partial charge on any atom is -0.410 e. The van der Waals surface area contributed by atoms with E-state index in [0.717, 1.165) is 24.3 Å². The lowest BCUT2D eigenvalue weighted by atomic mass is 10.0. The smallest absolute Gasteiger partial charge is 0.410 e. The van der Waals surface area contributed by atoms with Crippen LogP contribution in [0.4, 0.5) is 47.3 Å². The van der Waals surface area contributed by atoms with E-state index in [1.165, 1.54) is 0 Å². The third-order valence-electron chi connectivity index (χ3n) is 6.81. The quantitative estimate of drug-likeness (QED) is 0.111. The molecule has 0 saturated heterocycles. The van der Waals surface area contributed by atoms with Crippen LogP contribution in [-0.2, 0) is 42.4 Å². The van der Waals surface area contributed by atoms with E-state index in [2.05, 4.69) is 0 Å². The SMILES string of the molecule is O=C(Nc1cc2c(cc1S(=O)(=O)O)-c1cc(S(=O)(=O)O)c(NC(=O)Oc3cccc(C(F)(F)F)c3)cc1S2(=O)=O)Oc1cccc(C(F)(F)F)c1. The van der Waals surface area contributed by atoms with Crippen LogP contribution >= 0.6 is 0 Å². The summed E-state index contributed by atoms with van der Waals surface area (Å²) in [5.74, 6) is -1.36. The average molecular weight is 783 g/mol. The predicted molar refractivity (Wildman–Crippen MR) is 159 cm³/mol. The molecule has 0 radical (unpaired) electrons. The Morgan fingerprint density at radius 1 is 0.608 bits per heavy atom. The summed E-state index contributed by atoms with van der Waals surface area (Å²) < 4.78 is 184. The molecule has 270 valence electrons. The zero-order chi connectivity index (χ0) is 37.9. The van der Waals surface area contributed by atoms with Crippen LogP contribution in [0.3, 0.4) is 0 Å². The van der Waals surface area contributed by atoms with Crippen LogP contribution in [0.1, 0.15) is 11.1 Å². The number of amides is 2. The lowest BCUT2D eigenvalue weighted by Crippen LogP contribution is -2.19. The summed E-state index contributed by atoms with van der Waals surface area (Å²) in [6.07, 6.45) is -13.0. The van der Waals surface area contributed by atoms with Crippen molar-refractivity contribution >= 4 is 53.6 Å². The second-order valence-corrected chi connectivity index (χ2v) is 14.9. The van der Waals surface area contributed by atoms with Gasteiger partial charge in [0.15, 0.2) is 0 Å². The molecule has 0 unspecified atom stereocenters. The fourth-order valence-electron chi connectivity index (χ4n) is 4.68. The molecule has 4 N–H and O–H groups in total. The number of fused-ring (bicyclic) bond motifs is 3. The van der Waals surface area contributed by atoms with Gasteiger partial charge in [-0.05, 0) is 60.7 Å². The minimum atomic E-state index is -5.37. The van der Waals surface area contributed by atoms with E-state index in [1.807, 2.05) is 0 Å². The van der Waals surface area contributed by atoms with Gasteiger partial charge in [0.25, 0.3) is 20.2 Å². The number of benzene rings is 4. The van der Waals surface area contributed by atoms with E-state index in [9.17, 15) is 70.3 Å². The first-order chi connectivity index (χ1) is 23.4. The summed E-state index contributed by atoms with van der Waals surface area (Å²) in [5.41, 5.74) is -5.62. The number of sulfone groups is 1. The Kier molecular flexibility index (Phi) is 9.09. The second kappa shape index (κ2) is 12.5. The van der Waals surface area contributed by atoms with Crippen LogP contribution in [0.2, 0.25) is 0 Å². The zero-order valence-electron chi connectivity index (χ0n) is 24.4. The molecule has 23 heteroatoms. The molecule has 1 heterocycles. The van der Waals surface area contributed by atoms with Crippen molar-refractivity contribution in [2.24, 2.45) is 0 Å². The highest BCUT2D eigenvalue weighted by molar-refractivity contribution is 7.92. The predicted octanol–water partition coefficient (Wildman–Crippen LogP) is 6.25. The molecule has 0 fully saturated rings. The molecule has 0 aliphatic carbocycles. The Morgan fingerprint density at radius 3 is 1.27 bits per heavy atom. The van der Waals surface area contributed by atoms with Gasteiger partial charge in [0.2, 0.25) is 9.84 Å². The molecule has 51 heavy (non-hydrogen) atoms. The number of carbonyl (C=O) groups is 2. The van der Waals surface area contributed by atoms with E-state index >= 15 is 0 Å². The summed E-state index contributed by atoms with van der Waals surface area (Å²) in [4.78, 5) is 21.0. The molecule has 2 amide bonds. The third kappa shape index (κ3) is 7.75. The largest absolute Gasteiger partial charge is 0.417 e. The highest BCUT2D eigenvalue weighted by Crippen LogP contribution is 2.48. The molecule has 0 saturated carbocycles. The van der Waals surface area contributed by atoms with Crippen molar-refractivity contribution in [2.45, 2.75) is 31.9 Å². The molecule has 4 aromatic rings. The van der Waals surface area contributed by atoms with Gasteiger partial charge in [0, 0.05) is 11.1 Å². The van der Waals surface area contributed by atoms with Crippen LogP contribution in [0, 0.1) is 0 Å². The summed E-state index contributed by atoms with van der Waals surface area (Å²) in [5, 5.41) is 3.60. The number of hydrogen-bond acceptors (Lipinski definition) is 10. The van der Waals surface area contributed by atoms with Gasteiger partial charge in [0.1, 0.15) is 21.3 Å². The van der Waals surface area contributed by atoms with Crippen LogP contribution < -0.4 is 20.1 Å². The highest BCUT2D eigenvalue weighted by Gasteiger charge is 2.39. The van der Waals surface area contributed by atoms with Gasteiger partial charge in [-0.25, -0.2) is 18.0 Å². The van der Waals surface area contributed by atoms with Crippen molar-refractivity contribution in [2.75, 3.05) is 10.6 Å². The number of halogens is 6. The van der Waals surface area contributed by atoms with Crippen molar-refractivity contribution in [1.29, 1.82) is 0 Å². The average Bonchev–Trinajstić information content (AvgIpc) is 3.19. The van der Waals surface area contributed by atoms with Crippen molar-refractivity contribution < 1.29 is 79.8 Å². The van der Waals surface area contributed by atoms with Crippen LogP contribution in [-0.4, -0.2) is 46.5 Å². The Bertz CT molecular complexity index is 2300. The van der Waals surface area contributed by atoms with Crippen molar-refractivity contribution in [3.63, 3.8) is 0 Å². The fourth-order valence-corrected chi connectivity index (χ4v) is 7.69. The lowest BCUT2D eigenvalue weighted by molar-refractivity contribution is -0.138. The van der Waals surface area contributed by atoms with Gasteiger partial charge >= 0.3 is 24.5 Å². The molecule has 14 nitrogen and oxygen atoms in total. The number of carbonyl (C=O) groups excluding carboxylic acids is 2. The van der Waals surface area contributed by atoms with E-state index in [-0.39, 0.29) is 0 Å². The normalized spacial score (nSPS) is 13.9. The first kappa shape index (κ1) is 37.0. The third-order valence-corrected chi connectivity index (χ3v) is 10.4. The molecular weight excluding hydrogens is 766 g/mol. The highest BCUT2D eigenvalue weighted by atomic mass is 32.2. The first-order valence-corrected chi connectivity index (χ1v) is 17.6. The van der Waals surface area contributed by atoms with E-state index in [4.69, 9.17) is 9.47 Å². The molecular formula is C28H16F6N2O12S3. The first-order valence-electron chi connectivity index (χ1n) is 13.2. The standard InChI is InChI=1S/C28H16F6N2O12S3/c29-27(30,31)13-3-1-5-15(7-13)47-25(37)35-19-11-21-17(9-23(19)50(41,42)43)18-10-24(51(44,45)46)20(12-22(18)49(21,39)40)36-26(38)48-16-6-2-4-14(8-16)28(32,33)34/h1-12H,(H,35,37)(H,36,38)(H,41,42,43)(H,44,45,46). The second-order valence-electron chi connectivity index (χ2n) is 10.2. The van der Waals surface area contributed by atoms with Crippen molar-refractivity contribution in [3.8, 4) is 22.6 Å². The van der Waals surface area contributed by atoms with Crippen LogP contribution in [0.15, 0.2) is 92.4 Å². The summed E-state index contributed by atoms with van der Waals surface area (Å²) in [6, 6.07) is 7.69. The van der Waals surface area contributed by atoms with E-state index < -0.39 is 119 Å². The molecule has 0 atom stereocenters. The molecule has 0 bridgehead atoms. The molecule has 5 rings (SSSR count). The van der Waals surface area contributed by atoms with Crippen molar-refractivity contribution in [3.05, 3.63) is 83.9 Å². The van der Waals surface area contributed by atoms with Gasteiger partial charge in [-0.2, -0.15) is 43.2 Å². The Morgan fingerprint density at radius 2 is 0.961 bits per heavy atom. The molecule has 1 aliphatic rings. The maximum Gasteiger partial charge on any atom is 0.417 e. The van der Waals surface area contributed by atoms with Crippen LogP contribution in [0.25, 0.3) is 11.1 Å². The van der Waals surface area contributed by atoms with Gasteiger partial charge < -0.3 is 9.47 Å². The molecule has 0 aromatic heterocycles. The number of nitrogens with one attached hydrogen (secondary N) is 2. The number of rotatable bonds is 6. The van der Waals surface area contributed by atoms with E-state index in [0.29, 0.717) is 48.5 Å². The lowest BCUT2D eigenvalue weighted by Gasteiger charge is -2.13. The number of anilines is 2. The topological polar surface area (TPSA) is 220 Å². The van der Waals surface area contributed by atoms with Gasteiger partial charge in [0.05, 0.1) is 32.3 Å². The fraction of sp³-hybridized carbons (Fsp3) is 0.0714. The Labute approximate surface area is 282 Å². The monoisotopic (exact) mass is 782 g/mol. The summed E-state index contributed by atoms with van der Waals surface area (Å²) >= 11 is 0. The van der Waals surface area contributed by atoms with Gasteiger partial charge in [-0.15, -0.1) is 0 Å². The van der Waals surface area contributed by atoms with Gasteiger partial charge in [-0.1, -0.05) is 12.1 Å². The Hall–Kier alpha value is -5.23.